The fourth-order valence-corrected chi connectivity index (χ4v) is 2.57. The Morgan fingerprint density at radius 2 is 2.05 bits per heavy atom. The normalized spacial score (nSPS) is 10.8. The summed E-state index contributed by atoms with van der Waals surface area (Å²) >= 11 is 6.15. The zero-order valence-electron chi connectivity index (χ0n) is 12.2. The molecule has 1 heterocycles. The van der Waals surface area contributed by atoms with E-state index < -0.39 is 0 Å². The number of aromatic nitrogens is 2. The molecule has 0 aliphatic rings. The topological polar surface area (TPSA) is 37.8 Å². The molecule has 0 fully saturated rings. The molecule has 0 saturated heterocycles. The van der Waals surface area contributed by atoms with Gasteiger partial charge in [-0.05, 0) is 24.8 Å². The van der Waals surface area contributed by atoms with Crippen LogP contribution in [0.1, 0.15) is 36.5 Å². The minimum absolute atomic E-state index is 0.296. The van der Waals surface area contributed by atoms with E-state index in [-0.39, 0.29) is 0 Å². The molecule has 0 aliphatic heterocycles. The molecular weight excluding hydrogens is 270 g/mol. The molecule has 106 valence electrons. The van der Waals surface area contributed by atoms with Crippen molar-refractivity contribution in [2.75, 3.05) is 11.9 Å². The van der Waals surface area contributed by atoms with Crippen LogP contribution >= 0.6 is 11.6 Å². The van der Waals surface area contributed by atoms with Gasteiger partial charge in [-0.2, -0.15) is 0 Å². The Morgan fingerprint density at radius 1 is 1.25 bits per heavy atom. The lowest BCUT2D eigenvalue weighted by molar-refractivity contribution is 0.842. The molecule has 3 nitrogen and oxygen atoms in total. The first kappa shape index (κ1) is 14.8. The summed E-state index contributed by atoms with van der Waals surface area (Å²) in [6, 6.07) is 8.55. The number of nitrogens with one attached hydrogen (secondary N) is 1. The predicted molar refractivity (Wildman–Crippen MR) is 84.5 cm³/mol. The highest BCUT2D eigenvalue weighted by atomic mass is 35.5. The minimum atomic E-state index is 0.296. The van der Waals surface area contributed by atoms with Gasteiger partial charge in [-0.25, -0.2) is 9.97 Å². The summed E-state index contributed by atoms with van der Waals surface area (Å²) in [4.78, 5) is 8.36. The maximum Gasteiger partial charge on any atom is 0.138 e. The first-order chi connectivity index (χ1) is 9.58. The van der Waals surface area contributed by atoms with Crippen molar-refractivity contribution < 1.29 is 0 Å². The molecule has 0 amide bonds. The molecule has 0 aliphatic carbocycles. The van der Waals surface area contributed by atoms with Crippen molar-refractivity contribution >= 4 is 17.4 Å². The van der Waals surface area contributed by atoms with Crippen molar-refractivity contribution in [2.24, 2.45) is 0 Å². The Labute approximate surface area is 125 Å². The van der Waals surface area contributed by atoms with E-state index in [4.69, 9.17) is 11.6 Å². The second-order valence-corrected chi connectivity index (χ2v) is 5.61. The molecule has 0 spiro atoms. The van der Waals surface area contributed by atoms with Crippen LogP contribution in [0.25, 0.3) is 0 Å². The van der Waals surface area contributed by atoms with Gasteiger partial charge in [0.15, 0.2) is 0 Å². The predicted octanol–water partition coefficient (Wildman–Crippen LogP) is 4.22. The lowest BCUT2D eigenvalue weighted by Gasteiger charge is -2.14. The van der Waals surface area contributed by atoms with E-state index in [0.29, 0.717) is 11.1 Å². The van der Waals surface area contributed by atoms with Crippen molar-refractivity contribution in [1.82, 2.24) is 9.97 Å². The van der Waals surface area contributed by atoms with Gasteiger partial charge in [0.05, 0.1) is 0 Å². The van der Waals surface area contributed by atoms with Gasteiger partial charge in [0.25, 0.3) is 0 Å². The first-order valence-corrected chi connectivity index (χ1v) is 7.25. The van der Waals surface area contributed by atoms with E-state index in [9.17, 15) is 0 Å². The third-order valence-corrected chi connectivity index (χ3v) is 3.50. The van der Waals surface area contributed by atoms with Crippen LogP contribution in [0, 0.1) is 6.92 Å². The Kier molecular flexibility index (Phi) is 4.96. The van der Waals surface area contributed by atoms with Crippen LogP contribution in [0.2, 0.25) is 5.15 Å². The van der Waals surface area contributed by atoms with E-state index in [1.54, 1.807) is 0 Å². The molecule has 2 aromatic rings. The number of anilines is 1. The number of aryl methyl sites for hydroxylation is 1. The van der Waals surface area contributed by atoms with Gasteiger partial charge in [-0.3, -0.25) is 0 Å². The number of hydrogen-bond donors (Lipinski definition) is 1. The Morgan fingerprint density at radius 3 is 2.75 bits per heavy atom. The molecule has 0 bridgehead atoms. The average molecular weight is 290 g/mol. The molecule has 0 radical (unpaired) electrons. The van der Waals surface area contributed by atoms with Crippen LogP contribution in [-0.2, 0) is 6.42 Å². The largest absolute Gasteiger partial charge is 0.369 e. The monoisotopic (exact) mass is 289 g/mol. The van der Waals surface area contributed by atoms with E-state index in [2.05, 4.69) is 60.3 Å². The summed E-state index contributed by atoms with van der Waals surface area (Å²) in [6.45, 7) is 7.13. The van der Waals surface area contributed by atoms with Crippen molar-refractivity contribution in [3.05, 3.63) is 52.4 Å². The number of nitrogens with zero attached hydrogens (tertiary/aromatic N) is 2. The standard InChI is InChI=1S/C16H20ClN3/c1-11(2)14-15(17)19-10-20-16(14)18-8-7-13-6-4-5-12(3)9-13/h4-6,9-11H,7-8H2,1-3H3,(H,18,19,20). The van der Waals surface area contributed by atoms with Crippen LogP contribution in [0.3, 0.4) is 0 Å². The van der Waals surface area contributed by atoms with Gasteiger partial charge in [-0.1, -0.05) is 55.3 Å². The van der Waals surface area contributed by atoms with Gasteiger partial charge >= 0.3 is 0 Å². The number of rotatable bonds is 5. The third-order valence-electron chi connectivity index (χ3n) is 3.20. The number of hydrogen-bond acceptors (Lipinski definition) is 3. The highest BCUT2D eigenvalue weighted by Gasteiger charge is 2.12. The molecule has 1 aromatic carbocycles. The summed E-state index contributed by atoms with van der Waals surface area (Å²) in [5.74, 6) is 1.14. The number of benzene rings is 1. The van der Waals surface area contributed by atoms with Crippen LogP contribution in [0.4, 0.5) is 5.82 Å². The van der Waals surface area contributed by atoms with E-state index in [1.807, 2.05) is 0 Å². The summed E-state index contributed by atoms with van der Waals surface area (Å²) in [7, 11) is 0. The average Bonchev–Trinajstić information content (AvgIpc) is 2.38. The molecule has 0 unspecified atom stereocenters. The summed E-state index contributed by atoms with van der Waals surface area (Å²) in [5, 5.41) is 3.90. The molecule has 1 N–H and O–H groups in total. The van der Waals surface area contributed by atoms with Crippen LogP contribution in [0.15, 0.2) is 30.6 Å². The maximum atomic E-state index is 6.15. The van der Waals surface area contributed by atoms with Crippen molar-refractivity contribution in [2.45, 2.75) is 33.1 Å². The molecule has 0 saturated carbocycles. The van der Waals surface area contributed by atoms with Gasteiger partial charge < -0.3 is 5.32 Å². The SMILES string of the molecule is Cc1cccc(CCNc2ncnc(Cl)c2C(C)C)c1. The minimum Gasteiger partial charge on any atom is -0.369 e. The fourth-order valence-electron chi connectivity index (χ4n) is 2.22. The summed E-state index contributed by atoms with van der Waals surface area (Å²) in [6.07, 6.45) is 2.46. The number of halogens is 1. The Hall–Kier alpha value is -1.61. The maximum absolute atomic E-state index is 6.15. The Balaban J connectivity index is 2.03. The Bertz CT molecular complexity index is 582. The van der Waals surface area contributed by atoms with Crippen molar-refractivity contribution in [3.63, 3.8) is 0 Å². The molecule has 1 aromatic heterocycles. The van der Waals surface area contributed by atoms with Crippen molar-refractivity contribution in [1.29, 1.82) is 0 Å². The second kappa shape index (κ2) is 6.71. The van der Waals surface area contributed by atoms with Gasteiger partial charge in [0.1, 0.15) is 17.3 Å². The molecule has 2 rings (SSSR count). The quantitative estimate of drug-likeness (QED) is 0.838. The van der Waals surface area contributed by atoms with E-state index in [1.165, 1.54) is 17.5 Å². The van der Waals surface area contributed by atoms with Gasteiger partial charge in [0.2, 0.25) is 0 Å². The van der Waals surface area contributed by atoms with Crippen LogP contribution < -0.4 is 5.32 Å². The smallest absolute Gasteiger partial charge is 0.138 e. The first-order valence-electron chi connectivity index (χ1n) is 6.87. The highest BCUT2D eigenvalue weighted by molar-refractivity contribution is 6.30. The fraction of sp³-hybridized carbons (Fsp3) is 0.375. The third kappa shape index (κ3) is 3.70. The highest BCUT2D eigenvalue weighted by Crippen LogP contribution is 2.27. The van der Waals surface area contributed by atoms with Gasteiger partial charge in [-0.15, -0.1) is 0 Å². The van der Waals surface area contributed by atoms with E-state index in [0.717, 1.165) is 24.3 Å². The lowest BCUT2D eigenvalue weighted by atomic mass is 10.1. The van der Waals surface area contributed by atoms with Crippen molar-refractivity contribution in [3.8, 4) is 0 Å². The summed E-state index contributed by atoms with van der Waals surface area (Å²) < 4.78 is 0. The summed E-state index contributed by atoms with van der Waals surface area (Å²) in [5.41, 5.74) is 3.60. The zero-order chi connectivity index (χ0) is 14.5. The van der Waals surface area contributed by atoms with Crippen LogP contribution in [0.5, 0.6) is 0 Å². The second-order valence-electron chi connectivity index (χ2n) is 5.25. The van der Waals surface area contributed by atoms with E-state index >= 15 is 0 Å². The zero-order valence-corrected chi connectivity index (χ0v) is 12.9. The molecule has 0 atom stereocenters. The molecule has 4 heteroatoms. The molecule has 20 heavy (non-hydrogen) atoms. The van der Waals surface area contributed by atoms with Gasteiger partial charge in [0, 0.05) is 12.1 Å². The lowest BCUT2D eigenvalue weighted by Crippen LogP contribution is -2.10. The van der Waals surface area contributed by atoms with Crippen LogP contribution in [-0.4, -0.2) is 16.5 Å². The molecular formula is C16H20ClN3.